The van der Waals surface area contributed by atoms with E-state index in [1.807, 2.05) is 45.0 Å². The first-order valence-electron chi connectivity index (χ1n) is 8.57. The van der Waals surface area contributed by atoms with Gasteiger partial charge in [-0.2, -0.15) is 10.1 Å². The van der Waals surface area contributed by atoms with Crippen molar-refractivity contribution in [2.75, 3.05) is 7.11 Å². The second kappa shape index (κ2) is 7.51. The third-order valence-electron chi connectivity index (χ3n) is 4.43. The molecule has 26 heavy (non-hydrogen) atoms. The Labute approximate surface area is 152 Å². The highest BCUT2D eigenvalue weighted by Gasteiger charge is 2.13. The van der Waals surface area contributed by atoms with E-state index >= 15 is 0 Å². The molecule has 136 valence electrons. The van der Waals surface area contributed by atoms with Crippen molar-refractivity contribution in [1.29, 1.82) is 0 Å². The van der Waals surface area contributed by atoms with Crippen LogP contribution in [0.25, 0.3) is 5.78 Å². The molecule has 2 aromatic heterocycles. The summed E-state index contributed by atoms with van der Waals surface area (Å²) in [5.41, 5.74) is 3.86. The molecule has 3 aromatic rings. The van der Waals surface area contributed by atoms with Crippen molar-refractivity contribution in [3.63, 3.8) is 0 Å². The lowest BCUT2D eigenvalue weighted by atomic mass is 10.1. The van der Waals surface area contributed by atoms with Crippen molar-refractivity contribution in [3.8, 4) is 5.75 Å². The number of rotatable bonds is 6. The molecule has 1 amide bonds. The summed E-state index contributed by atoms with van der Waals surface area (Å²) in [6.45, 7) is 6.21. The van der Waals surface area contributed by atoms with Crippen molar-refractivity contribution in [2.45, 2.75) is 40.2 Å². The van der Waals surface area contributed by atoms with Gasteiger partial charge in [-0.3, -0.25) is 4.79 Å². The van der Waals surface area contributed by atoms with Gasteiger partial charge in [-0.25, -0.2) is 9.50 Å². The van der Waals surface area contributed by atoms with Crippen LogP contribution >= 0.6 is 0 Å². The first-order valence-corrected chi connectivity index (χ1v) is 8.57. The maximum Gasteiger partial charge on any atom is 0.252 e. The summed E-state index contributed by atoms with van der Waals surface area (Å²) in [4.78, 5) is 21.1. The molecular weight excluding hydrogens is 330 g/mol. The summed E-state index contributed by atoms with van der Waals surface area (Å²) in [6.07, 6.45) is 0.995. The van der Waals surface area contributed by atoms with E-state index in [4.69, 9.17) is 4.74 Å². The van der Waals surface area contributed by atoms with E-state index in [0.29, 0.717) is 31.0 Å². The quantitative estimate of drug-likeness (QED) is 0.735. The van der Waals surface area contributed by atoms with Crippen LogP contribution in [0, 0.1) is 20.8 Å². The van der Waals surface area contributed by atoms with Crippen LogP contribution in [0.3, 0.4) is 0 Å². The minimum Gasteiger partial charge on any atom is -0.496 e. The van der Waals surface area contributed by atoms with E-state index in [1.165, 1.54) is 0 Å². The molecular formula is C19H23N5O2. The second-order valence-corrected chi connectivity index (χ2v) is 6.22. The van der Waals surface area contributed by atoms with Gasteiger partial charge in [0.25, 0.3) is 5.78 Å². The molecule has 3 rings (SSSR count). The minimum atomic E-state index is -0.00965. The molecule has 0 fully saturated rings. The number of aromatic nitrogens is 4. The Kier molecular flexibility index (Phi) is 5.16. The Hall–Kier alpha value is -2.96. The smallest absolute Gasteiger partial charge is 0.252 e. The van der Waals surface area contributed by atoms with E-state index in [2.05, 4.69) is 20.4 Å². The van der Waals surface area contributed by atoms with Crippen LogP contribution in [0.2, 0.25) is 0 Å². The Balaban J connectivity index is 1.65. The largest absolute Gasteiger partial charge is 0.496 e. The first kappa shape index (κ1) is 17.8. The van der Waals surface area contributed by atoms with Gasteiger partial charge in [-0.15, -0.1) is 0 Å². The predicted molar refractivity (Wildman–Crippen MR) is 98.2 cm³/mol. The number of amides is 1. The van der Waals surface area contributed by atoms with Crippen LogP contribution in [-0.2, 0) is 17.8 Å². The zero-order valence-electron chi connectivity index (χ0n) is 15.5. The molecule has 0 atom stereocenters. The van der Waals surface area contributed by atoms with Crippen LogP contribution in [0.5, 0.6) is 5.75 Å². The lowest BCUT2D eigenvalue weighted by Crippen LogP contribution is -2.23. The van der Waals surface area contributed by atoms with Crippen LogP contribution in [-0.4, -0.2) is 32.6 Å². The normalized spacial score (nSPS) is 10.9. The number of ether oxygens (including phenoxy) is 1. The molecule has 0 spiro atoms. The molecule has 0 radical (unpaired) electrons. The Morgan fingerprint density at radius 3 is 2.73 bits per heavy atom. The van der Waals surface area contributed by atoms with Crippen molar-refractivity contribution in [3.05, 3.63) is 52.6 Å². The van der Waals surface area contributed by atoms with Gasteiger partial charge in [0.05, 0.1) is 7.11 Å². The van der Waals surface area contributed by atoms with E-state index in [0.717, 1.165) is 28.3 Å². The van der Waals surface area contributed by atoms with Crippen LogP contribution < -0.4 is 10.1 Å². The van der Waals surface area contributed by atoms with E-state index in [1.54, 1.807) is 11.6 Å². The van der Waals surface area contributed by atoms with Gasteiger partial charge in [0.2, 0.25) is 5.91 Å². The van der Waals surface area contributed by atoms with Gasteiger partial charge in [-0.1, -0.05) is 18.2 Å². The highest BCUT2D eigenvalue weighted by molar-refractivity contribution is 5.76. The predicted octanol–water partition coefficient (Wildman–Crippen LogP) is 2.31. The topological polar surface area (TPSA) is 81.4 Å². The Morgan fingerprint density at radius 2 is 1.96 bits per heavy atom. The molecule has 7 heteroatoms. The van der Waals surface area contributed by atoms with E-state index in [9.17, 15) is 4.79 Å². The highest BCUT2D eigenvalue weighted by atomic mass is 16.5. The van der Waals surface area contributed by atoms with Crippen LogP contribution in [0.4, 0.5) is 0 Å². The third-order valence-corrected chi connectivity index (χ3v) is 4.43. The van der Waals surface area contributed by atoms with Crippen molar-refractivity contribution >= 4 is 11.7 Å². The summed E-state index contributed by atoms with van der Waals surface area (Å²) in [6, 6.07) is 7.66. The molecule has 0 aliphatic heterocycles. The maximum absolute atomic E-state index is 12.3. The zero-order chi connectivity index (χ0) is 18.7. The van der Waals surface area contributed by atoms with Gasteiger partial charge < -0.3 is 10.1 Å². The molecule has 0 saturated carbocycles. The lowest BCUT2D eigenvalue weighted by molar-refractivity contribution is -0.121. The average molecular weight is 353 g/mol. The molecule has 0 aliphatic rings. The number of fused-ring (bicyclic) bond motifs is 1. The third kappa shape index (κ3) is 3.66. The second-order valence-electron chi connectivity index (χ2n) is 6.22. The summed E-state index contributed by atoms with van der Waals surface area (Å²) in [5, 5.41) is 7.32. The molecule has 7 nitrogen and oxygen atoms in total. The number of nitrogens with zero attached hydrogens (tertiary/aromatic N) is 4. The summed E-state index contributed by atoms with van der Waals surface area (Å²) >= 11 is 0. The molecule has 2 heterocycles. The van der Waals surface area contributed by atoms with Gasteiger partial charge in [0.1, 0.15) is 11.6 Å². The summed E-state index contributed by atoms with van der Waals surface area (Å²) in [5.74, 6) is 2.05. The number of carbonyl (C=O) groups is 1. The lowest BCUT2D eigenvalue weighted by Gasteiger charge is -2.11. The standard InChI is InChI=1S/C19H23N5O2/c1-12-16(13(2)24-19(21-12)22-14(3)23-24)9-10-18(25)20-11-15-7-5-6-8-17(15)26-4/h5-8H,9-11H2,1-4H3,(H,20,25). The fourth-order valence-corrected chi connectivity index (χ4v) is 3.04. The molecule has 1 aromatic carbocycles. The Morgan fingerprint density at radius 1 is 1.19 bits per heavy atom. The van der Waals surface area contributed by atoms with Gasteiger partial charge in [-0.05, 0) is 38.8 Å². The molecule has 1 N–H and O–H groups in total. The van der Waals surface area contributed by atoms with Gasteiger partial charge >= 0.3 is 0 Å². The van der Waals surface area contributed by atoms with Gasteiger partial charge in [0, 0.05) is 29.9 Å². The zero-order valence-corrected chi connectivity index (χ0v) is 15.5. The number of nitrogens with one attached hydrogen (secondary N) is 1. The number of para-hydroxylation sites is 1. The number of hydrogen-bond donors (Lipinski definition) is 1. The summed E-state index contributed by atoms with van der Waals surface area (Å²) < 4.78 is 7.05. The fourth-order valence-electron chi connectivity index (χ4n) is 3.04. The van der Waals surface area contributed by atoms with E-state index in [-0.39, 0.29) is 5.91 Å². The highest BCUT2D eigenvalue weighted by Crippen LogP contribution is 2.18. The number of aryl methyl sites for hydroxylation is 3. The van der Waals surface area contributed by atoms with Crippen molar-refractivity contribution < 1.29 is 9.53 Å². The van der Waals surface area contributed by atoms with E-state index < -0.39 is 0 Å². The molecule has 0 saturated heterocycles. The van der Waals surface area contributed by atoms with Crippen LogP contribution in [0.15, 0.2) is 24.3 Å². The number of benzene rings is 1. The van der Waals surface area contributed by atoms with Crippen LogP contribution in [0.1, 0.15) is 34.8 Å². The average Bonchev–Trinajstić information content (AvgIpc) is 3.00. The summed E-state index contributed by atoms with van der Waals surface area (Å²) in [7, 11) is 1.63. The SMILES string of the molecule is COc1ccccc1CNC(=O)CCc1c(C)nc2nc(C)nn2c1C. The Bertz CT molecular complexity index is 948. The molecule has 0 aliphatic carbocycles. The first-order chi connectivity index (χ1) is 12.5. The number of methoxy groups -OCH3 is 1. The molecule has 0 bridgehead atoms. The number of hydrogen-bond acceptors (Lipinski definition) is 5. The monoisotopic (exact) mass is 353 g/mol. The fraction of sp³-hybridized carbons (Fsp3) is 0.368. The van der Waals surface area contributed by atoms with Crippen molar-refractivity contribution in [2.24, 2.45) is 0 Å². The maximum atomic E-state index is 12.3. The number of carbonyl (C=O) groups excluding carboxylic acids is 1. The minimum absolute atomic E-state index is 0.00965. The van der Waals surface area contributed by atoms with Gasteiger partial charge in [0.15, 0.2) is 0 Å². The van der Waals surface area contributed by atoms with Crippen molar-refractivity contribution in [1.82, 2.24) is 24.9 Å². The molecule has 0 unspecified atom stereocenters.